The van der Waals surface area contributed by atoms with Gasteiger partial charge in [-0.25, -0.2) is 4.98 Å². The van der Waals surface area contributed by atoms with E-state index in [-0.39, 0.29) is 18.0 Å². The number of carbonyl (C=O) groups is 1. The van der Waals surface area contributed by atoms with Crippen molar-refractivity contribution in [2.24, 2.45) is 0 Å². The Balaban J connectivity index is 1.66. The van der Waals surface area contributed by atoms with Crippen LogP contribution in [0.3, 0.4) is 0 Å². The van der Waals surface area contributed by atoms with E-state index in [0.717, 1.165) is 28.5 Å². The molecule has 1 fully saturated rings. The lowest BCUT2D eigenvalue weighted by atomic mass is 10.0. The normalized spacial score (nSPS) is 17.1. The minimum Gasteiger partial charge on any atom is -0.495 e. The highest BCUT2D eigenvalue weighted by atomic mass is 32.1. The summed E-state index contributed by atoms with van der Waals surface area (Å²) < 4.78 is 7.53. The molecule has 0 spiro atoms. The van der Waals surface area contributed by atoms with Gasteiger partial charge in [-0.3, -0.25) is 9.78 Å². The van der Waals surface area contributed by atoms with E-state index < -0.39 is 0 Å². The zero-order valence-corrected chi connectivity index (χ0v) is 21.0. The van der Waals surface area contributed by atoms with E-state index in [9.17, 15) is 4.79 Å². The second-order valence-corrected chi connectivity index (χ2v) is 8.95. The number of amides is 1. The fraction of sp³-hybridized carbons (Fsp3) is 0.185. The third kappa shape index (κ3) is 4.40. The van der Waals surface area contributed by atoms with Crippen molar-refractivity contribution in [1.82, 2.24) is 19.9 Å². The highest BCUT2D eigenvalue weighted by Gasteiger charge is 2.42. The number of methoxy groups -OCH3 is 1. The Labute approximate surface area is 215 Å². The molecule has 36 heavy (non-hydrogen) atoms. The van der Waals surface area contributed by atoms with Crippen molar-refractivity contribution in [3.05, 3.63) is 96.2 Å². The Bertz CT molecular complexity index is 1400. The molecule has 2 atom stereocenters. The summed E-state index contributed by atoms with van der Waals surface area (Å²) in [6.07, 6.45) is 5.63. The average Bonchev–Trinajstić information content (AvgIpc) is 3.49. The summed E-state index contributed by atoms with van der Waals surface area (Å²) in [5, 5.41) is 6.89. The van der Waals surface area contributed by atoms with Crippen LogP contribution in [-0.2, 0) is 4.79 Å². The van der Waals surface area contributed by atoms with Gasteiger partial charge in [-0.05, 0) is 73.2 Å². The van der Waals surface area contributed by atoms with E-state index in [4.69, 9.17) is 17.0 Å². The van der Waals surface area contributed by atoms with Gasteiger partial charge in [-0.15, -0.1) is 0 Å². The predicted molar refractivity (Wildman–Crippen MR) is 144 cm³/mol. The van der Waals surface area contributed by atoms with Crippen LogP contribution in [-0.4, -0.2) is 32.7 Å². The van der Waals surface area contributed by atoms with Gasteiger partial charge in [0, 0.05) is 36.9 Å². The monoisotopic (exact) mass is 498 g/mol. The number of carbonyl (C=O) groups excluding carboxylic acids is 1. The fourth-order valence-electron chi connectivity index (χ4n) is 4.51. The fourth-order valence-corrected chi connectivity index (χ4v) is 4.86. The summed E-state index contributed by atoms with van der Waals surface area (Å²) in [5.41, 5.74) is 4.33. The highest BCUT2D eigenvalue weighted by Crippen LogP contribution is 2.43. The maximum Gasteiger partial charge on any atom is 0.221 e. The molecule has 0 aliphatic carbocycles. The number of nitrogens with one attached hydrogen (secondary N) is 2. The molecule has 3 aromatic heterocycles. The molecular weight excluding hydrogens is 472 g/mol. The largest absolute Gasteiger partial charge is 0.495 e. The number of hydrogen-bond donors (Lipinski definition) is 2. The zero-order chi connectivity index (χ0) is 25.2. The topological polar surface area (TPSA) is 84.3 Å². The SMILES string of the molecule is COc1ccc(N2C(=S)NC(c3ccccn3)C2c2cccn2-c2ccc(C)cn2)cc1NC(C)=O. The van der Waals surface area contributed by atoms with Crippen LogP contribution in [0.5, 0.6) is 5.75 Å². The molecule has 1 aliphatic rings. The summed E-state index contributed by atoms with van der Waals surface area (Å²) in [6, 6.07) is 19.1. The summed E-state index contributed by atoms with van der Waals surface area (Å²) in [4.78, 5) is 23.2. The number of thiocarbonyl (C=S) groups is 1. The molecule has 9 heteroatoms. The van der Waals surface area contributed by atoms with Crippen molar-refractivity contribution in [3.8, 4) is 11.6 Å². The first-order chi connectivity index (χ1) is 17.5. The van der Waals surface area contributed by atoms with Gasteiger partial charge in [0.1, 0.15) is 17.6 Å². The number of aryl methyl sites for hydroxylation is 1. The Morgan fingerprint density at radius 1 is 1.11 bits per heavy atom. The lowest BCUT2D eigenvalue weighted by molar-refractivity contribution is -0.114. The highest BCUT2D eigenvalue weighted by molar-refractivity contribution is 7.80. The van der Waals surface area contributed by atoms with Crippen molar-refractivity contribution < 1.29 is 9.53 Å². The van der Waals surface area contributed by atoms with Gasteiger partial charge >= 0.3 is 0 Å². The second kappa shape index (κ2) is 9.79. The van der Waals surface area contributed by atoms with Gasteiger partial charge < -0.3 is 24.8 Å². The van der Waals surface area contributed by atoms with Crippen LogP contribution in [0, 0.1) is 6.92 Å². The van der Waals surface area contributed by atoms with Gasteiger partial charge in [-0.1, -0.05) is 12.1 Å². The maximum atomic E-state index is 11.9. The lowest BCUT2D eigenvalue weighted by Crippen LogP contribution is -2.30. The summed E-state index contributed by atoms with van der Waals surface area (Å²) in [6.45, 7) is 3.48. The van der Waals surface area contributed by atoms with Crippen LogP contribution in [0.1, 0.15) is 36.0 Å². The molecule has 1 saturated heterocycles. The van der Waals surface area contributed by atoms with Gasteiger partial charge in [-0.2, -0.15) is 0 Å². The van der Waals surface area contributed by atoms with E-state index in [1.807, 2.05) is 73.9 Å². The van der Waals surface area contributed by atoms with Gasteiger partial charge in [0.2, 0.25) is 5.91 Å². The number of anilines is 2. The number of aromatic nitrogens is 3. The molecule has 1 aromatic carbocycles. The maximum absolute atomic E-state index is 11.9. The molecule has 8 nitrogen and oxygen atoms in total. The molecular formula is C27H26N6O2S. The number of rotatable bonds is 6. The van der Waals surface area contributed by atoms with Crippen molar-refractivity contribution in [3.63, 3.8) is 0 Å². The predicted octanol–water partition coefficient (Wildman–Crippen LogP) is 4.72. The molecule has 4 heterocycles. The number of pyridine rings is 2. The van der Waals surface area contributed by atoms with E-state index in [1.54, 1.807) is 13.3 Å². The van der Waals surface area contributed by atoms with Gasteiger partial charge in [0.05, 0.1) is 24.5 Å². The van der Waals surface area contributed by atoms with Crippen LogP contribution in [0.2, 0.25) is 0 Å². The van der Waals surface area contributed by atoms with E-state index in [0.29, 0.717) is 16.5 Å². The molecule has 2 N–H and O–H groups in total. The van der Waals surface area contributed by atoms with Crippen molar-refractivity contribution in [1.29, 1.82) is 0 Å². The van der Waals surface area contributed by atoms with Crippen LogP contribution in [0.4, 0.5) is 11.4 Å². The zero-order valence-electron chi connectivity index (χ0n) is 20.2. The Morgan fingerprint density at radius 2 is 1.97 bits per heavy atom. The first-order valence-corrected chi connectivity index (χ1v) is 11.9. The third-order valence-electron chi connectivity index (χ3n) is 6.10. The van der Waals surface area contributed by atoms with Crippen molar-refractivity contribution >= 4 is 34.6 Å². The third-order valence-corrected chi connectivity index (χ3v) is 6.41. The van der Waals surface area contributed by atoms with Crippen LogP contribution < -0.4 is 20.3 Å². The smallest absolute Gasteiger partial charge is 0.221 e. The number of benzene rings is 1. The lowest BCUT2D eigenvalue weighted by Gasteiger charge is -2.29. The van der Waals surface area contributed by atoms with Crippen molar-refractivity contribution in [2.45, 2.75) is 25.9 Å². The van der Waals surface area contributed by atoms with Gasteiger partial charge in [0.15, 0.2) is 5.11 Å². The Morgan fingerprint density at radius 3 is 2.67 bits per heavy atom. The van der Waals surface area contributed by atoms with Crippen LogP contribution >= 0.6 is 12.2 Å². The molecule has 5 rings (SSSR count). The molecule has 0 saturated carbocycles. The minimum atomic E-state index is -0.246. The van der Waals surface area contributed by atoms with Crippen LogP contribution in [0.25, 0.3) is 5.82 Å². The Kier molecular flexibility index (Phi) is 6.39. The van der Waals surface area contributed by atoms with Crippen molar-refractivity contribution in [2.75, 3.05) is 17.3 Å². The molecule has 1 aliphatic heterocycles. The first-order valence-electron chi connectivity index (χ1n) is 11.5. The molecule has 4 aromatic rings. The second-order valence-electron chi connectivity index (χ2n) is 8.56. The van der Waals surface area contributed by atoms with Crippen LogP contribution in [0.15, 0.2) is 79.3 Å². The van der Waals surface area contributed by atoms with E-state index >= 15 is 0 Å². The summed E-state index contributed by atoms with van der Waals surface area (Å²) in [5.74, 6) is 1.19. The minimum absolute atomic E-state index is 0.185. The quantitative estimate of drug-likeness (QED) is 0.372. The number of ether oxygens (including phenoxy) is 1. The summed E-state index contributed by atoms with van der Waals surface area (Å²) >= 11 is 5.86. The first kappa shape index (κ1) is 23.5. The standard InChI is InChI=1S/C27H26N6O2S/c1-17-9-12-24(29-16-17)32-14-6-8-22(32)26-25(20-7-4-5-13-28-20)31-27(36)33(26)19-10-11-23(35-3)21(15-19)30-18(2)34/h4-16,25-26H,1-3H3,(H,30,34)(H,31,36). The summed E-state index contributed by atoms with van der Waals surface area (Å²) in [7, 11) is 1.57. The van der Waals surface area contributed by atoms with E-state index in [1.165, 1.54) is 6.92 Å². The molecule has 1 amide bonds. The number of nitrogens with zero attached hydrogens (tertiary/aromatic N) is 4. The number of hydrogen-bond acceptors (Lipinski definition) is 5. The molecule has 0 bridgehead atoms. The molecule has 2 unspecified atom stereocenters. The van der Waals surface area contributed by atoms with E-state index in [2.05, 4.69) is 36.1 Å². The molecule has 0 radical (unpaired) electrons. The molecule has 182 valence electrons. The average molecular weight is 499 g/mol. The Hall–Kier alpha value is -4.24. The van der Waals surface area contributed by atoms with Gasteiger partial charge in [0.25, 0.3) is 0 Å².